The van der Waals surface area contributed by atoms with Gasteiger partial charge in [0.05, 0.1) is 12.2 Å². The third kappa shape index (κ3) is 2.88. The van der Waals surface area contributed by atoms with E-state index in [0.717, 1.165) is 20.0 Å². The Bertz CT molecular complexity index is 825. The van der Waals surface area contributed by atoms with Gasteiger partial charge in [-0.05, 0) is 25.1 Å². The summed E-state index contributed by atoms with van der Waals surface area (Å²) in [7, 11) is 0. The van der Waals surface area contributed by atoms with Gasteiger partial charge >= 0.3 is 0 Å². The van der Waals surface area contributed by atoms with E-state index in [0.29, 0.717) is 22.1 Å². The average Bonchev–Trinajstić information content (AvgIpc) is 3.01. The lowest BCUT2D eigenvalue weighted by molar-refractivity contribution is 0.0956. The zero-order valence-corrected chi connectivity index (χ0v) is 13.5. The molecule has 3 rings (SSSR count). The number of thiazole rings is 1. The van der Waals surface area contributed by atoms with Gasteiger partial charge in [-0.2, -0.15) is 0 Å². The molecule has 0 atom stereocenters. The van der Waals surface area contributed by atoms with Gasteiger partial charge in [0.25, 0.3) is 5.91 Å². The Hall–Kier alpha value is -1.63. The predicted molar refractivity (Wildman–Crippen MR) is 89.3 cm³/mol. The van der Waals surface area contributed by atoms with Crippen LogP contribution in [-0.4, -0.2) is 10.9 Å². The molecule has 108 valence electrons. The van der Waals surface area contributed by atoms with E-state index < -0.39 is 0 Å². The van der Waals surface area contributed by atoms with Crippen LogP contribution in [0.3, 0.4) is 0 Å². The molecular formula is C14H12ClN3OS2. The Labute approximate surface area is 134 Å². The lowest BCUT2D eigenvalue weighted by Gasteiger charge is -2.01. The van der Waals surface area contributed by atoms with Crippen molar-refractivity contribution in [2.75, 3.05) is 5.73 Å². The fraction of sp³-hybridized carbons (Fsp3) is 0.143. The molecule has 3 aromatic rings. The van der Waals surface area contributed by atoms with Crippen LogP contribution in [0.4, 0.5) is 5.69 Å². The number of nitrogen functional groups attached to an aromatic ring is 1. The Morgan fingerprint density at radius 2 is 2.24 bits per heavy atom. The largest absolute Gasteiger partial charge is 0.397 e. The number of rotatable bonds is 3. The summed E-state index contributed by atoms with van der Waals surface area (Å²) in [6, 6.07) is 5.45. The molecule has 0 unspecified atom stereocenters. The summed E-state index contributed by atoms with van der Waals surface area (Å²) in [6.45, 7) is 2.39. The molecule has 0 aliphatic carbocycles. The number of thiophene rings is 1. The molecular weight excluding hydrogens is 326 g/mol. The topological polar surface area (TPSA) is 68.0 Å². The minimum absolute atomic E-state index is 0.183. The van der Waals surface area contributed by atoms with Crippen LogP contribution in [0.25, 0.3) is 10.1 Å². The molecule has 21 heavy (non-hydrogen) atoms. The first-order valence-corrected chi connectivity index (χ1v) is 8.22. The third-order valence-corrected chi connectivity index (χ3v) is 5.30. The van der Waals surface area contributed by atoms with Crippen LogP contribution in [0.1, 0.15) is 19.6 Å². The molecule has 7 heteroatoms. The standard InChI is InChI=1S/C14H12ClN3OS2/c1-7-5-17-11(20-7)6-18-14(19)13-12(16)9-4-8(15)2-3-10(9)21-13/h2-5H,6,16H2,1H3,(H,18,19). The molecule has 0 saturated carbocycles. The SMILES string of the molecule is Cc1cnc(CNC(=O)c2sc3ccc(Cl)cc3c2N)s1. The van der Waals surface area contributed by atoms with Crippen LogP contribution in [0.15, 0.2) is 24.4 Å². The predicted octanol–water partition coefficient (Wildman–Crippen LogP) is 3.83. The van der Waals surface area contributed by atoms with Crippen molar-refractivity contribution < 1.29 is 4.79 Å². The molecule has 4 nitrogen and oxygen atoms in total. The van der Waals surface area contributed by atoms with Crippen LogP contribution in [-0.2, 0) is 6.54 Å². The van der Waals surface area contributed by atoms with Crippen LogP contribution in [0.5, 0.6) is 0 Å². The van der Waals surface area contributed by atoms with Crippen molar-refractivity contribution in [1.82, 2.24) is 10.3 Å². The summed E-state index contributed by atoms with van der Waals surface area (Å²) < 4.78 is 0.951. The van der Waals surface area contributed by atoms with E-state index in [2.05, 4.69) is 10.3 Å². The summed E-state index contributed by atoms with van der Waals surface area (Å²) in [4.78, 5) is 18.1. The van der Waals surface area contributed by atoms with Gasteiger partial charge in [0.2, 0.25) is 0 Å². The van der Waals surface area contributed by atoms with Crippen molar-refractivity contribution in [3.05, 3.63) is 44.2 Å². The highest BCUT2D eigenvalue weighted by Gasteiger charge is 2.16. The van der Waals surface area contributed by atoms with E-state index in [1.165, 1.54) is 11.3 Å². The number of amides is 1. The number of nitrogens with two attached hydrogens (primary N) is 1. The minimum Gasteiger partial charge on any atom is -0.397 e. The summed E-state index contributed by atoms with van der Waals surface area (Å²) in [5.74, 6) is -0.183. The first kappa shape index (κ1) is 14.3. The number of carbonyl (C=O) groups is 1. The third-order valence-electron chi connectivity index (χ3n) is 2.96. The molecule has 0 fully saturated rings. The first-order chi connectivity index (χ1) is 10.0. The number of halogens is 1. The van der Waals surface area contributed by atoms with Gasteiger partial charge in [0, 0.05) is 26.2 Å². The summed E-state index contributed by atoms with van der Waals surface area (Å²) in [5, 5.41) is 5.16. The molecule has 2 aromatic heterocycles. The van der Waals surface area contributed by atoms with Crippen LogP contribution in [0, 0.1) is 6.92 Å². The highest BCUT2D eigenvalue weighted by molar-refractivity contribution is 7.21. The van der Waals surface area contributed by atoms with Crippen molar-refractivity contribution in [3.8, 4) is 0 Å². The fourth-order valence-corrected chi connectivity index (χ4v) is 3.90. The van der Waals surface area contributed by atoms with Crippen molar-refractivity contribution in [3.63, 3.8) is 0 Å². The van der Waals surface area contributed by atoms with Gasteiger partial charge in [0.1, 0.15) is 9.88 Å². The quantitative estimate of drug-likeness (QED) is 0.763. The van der Waals surface area contributed by atoms with Gasteiger partial charge in [-0.1, -0.05) is 11.6 Å². The minimum atomic E-state index is -0.183. The Kier molecular flexibility index (Phi) is 3.84. The second-order valence-corrected chi connectivity index (χ2v) is 7.34. The number of benzene rings is 1. The molecule has 2 heterocycles. The maximum absolute atomic E-state index is 12.3. The first-order valence-electron chi connectivity index (χ1n) is 6.21. The zero-order valence-electron chi connectivity index (χ0n) is 11.1. The van der Waals surface area contributed by atoms with Crippen LogP contribution in [0.2, 0.25) is 5.02 Å². The summed E-state index contributed by atoms with van der Waals surface area (Å²) in [6.07, 6.45) is 1.79. The molecule has 0 spiro atoms. The average molecular weight is 338 g/mol. The number of fused-ring (bicyclic) bond motifs is 1. The number of aryl methyl sites for hydroxylation is 1. The Balaban J connectivity index is 1.82. The van der Waals surface area contributed by atoms with E-state index in [9.17, 15) is 4.79 Å². The normalized spacial score (nSPS) is 11.0. The molecule has 1 amide bonds. The van der Waals surface area contributed by atoms with Gasteiger partial charge in [-0.25, -0.2) is 4.98 Å². The Morgan fingerprint density at radius 3 is 2.95 bits per heavy atom. The van der Waals surface area contributed by atoms with E-state index in [1.807, 2.05) is 13.0 Å². The molecule has 0 saturated heterocycles. The van der Waals surface area contributed by atoms with Crippen molar-refractivity contribution in [1.29, 1.82) is 0 Å². The second kappa shape index (κ2) is 5.63. The second-order valence-electron chi connectivity index (χ2n) is 4.53. The van der Waals surface area contributed by atoms with Crippen LogP contribution < -0.4 is 11.1 Å². The maximum atomic E-state index is 12.3. The molecule has 1 aromatic carbocycles. The molecule has 0 aliphatic heterocycles. The van der Waals surface area contributed by atoms with Gasteiger partial charge in [-0.3, -0.25) is 4.79 Å². The fourth-order valence-electron chi connectivity index (χ4n) is 1.98. The van der Waals surface area contributed by atoms with Gasteiger partial charge < -0.3 is 11.1 Å². The lowest BCUT2D eigenvalue weighted by atomic mass is 10.2. The summed E-state index contributed by atoms with van der Waals surface area (Å²) in [5.41, 5.74) is 6.54. The highest BCUT2D eigenvalue weighted by Crippen LogP contribution is 2.35. The van der Waals surface area contributed by atoms with E-state index in [-0.39, 0.29) is 5.91 Å². The van der Waals surface area contributed by atoms with Crippen molar-refractivity contribution >= 4 is 56.0 Å². The van der Waals surface area contributed by atoms with Gasteiger partial charge in [0.15, 0.2) is 0 Å². The number of aromatic nitrogens is 1. The number of nitrogens with zero attached hydrogens (tertiary/aromatic N) is 1. The number of hydrogen-bond acceptors (Lipinski definition) is 5. The van der Waals surface area contributed by atoms with E-state index in [1.54, 1.807) is 29.7 Å². The molecule has 0 bridgehead atoms. The van der Waals surface area contributed by atoms with Crippen molar-refractivity contribution in [2.24, 2.45) is 0 Å². The molecule has 0 aliphatic rings. The zero-order chi connectivity index (χ0) is 15.0. The summed E-state index contributed by atoms with van der Waals surface area (Å²) >= 11 is 8.90. The van der Waals surface area contributed by atoms with Crippen molar-refractivity contribution in [2.45, 2.75) is 13.5 Å². The lowest BCUT2D eigenvalue weighted by Crippen LogP contribution is -2.22. The van der Waals surface area contributed by atoms with Gasteiger partial charge in [-0.15, -0.1) is 22.7 Å². The monoisotopic (exact) mass is 337 g/mol. The van der Waals surface area contributed by atoms with E-state index in [4.69, 9.17) is 17.3 Å². The number of anilines is 1. The van der Waals surface area contributed by atoms with E-state index >= 15 is 0 Å². The molecule has 0 radical (unpaired) electrons. The smallest absolute Gasteiger partial charge is 0.263 e. The van der Waals surface area contributed by atoms with Crippen LogP contribution >= 0.6 is 34.3 Å². The highest BCUT2D eigenvalue weighted by atomic mass is 35.5. The molecule has 3 N–H and O–H groups in total. The Morgan fingerprint density at radius 1 is 1.43 bits per heavy atom. The number of hydrogen-bond donors (Lipinski definition) is 2. The number of nitrogens with one attached hydrogen (secondary N) is 1. The number of carbonyl (C=O) groups excluding carboxylic acids is 1. The maximum Gasteiger partial charge on any atom is 0.263 e.